The average molecular weight is 610 g/mol. The summed E-state index contributed by atoms with van der Waals surface area (Å²) >= 11 is 1.70. The van der Waals surface area contributed by atoms with E-state index in [0.29, 0.717) is 18.0 Å². The van der Waals surface area contributed by atoms with E-state index in [1.54, 1.807) is 17.8 Å². The Balaban J connectivity index is 1.32. The van der Waals surface area contributed by atoms with Gasteiger partial charge in [0, 0.05) is 17.0 Å². The number of hydrogen-bond donors (Lipinski definition) is 3. The molecule has 0 atom stereocenters. The number of carbonyl (C=O) groups is 1. The third-order valence-electron chi connectivity index (χ3n) is 8.13. The van der Waals surface area contributed by atoms with Crippen LogP contribution in [0.1, 0.15) is 57.8 Å². The maximum Gasteiger partial charge on any atom is 0.374 e. The van der Waals surface area contributed by atoms with Gasteiger partial charge in [0.25, 0.3) is 5.52 Å². The zero-order valence-electron chi connectivity index (χ0n) is 25.2. The van der Waals surface area contributed by atoms with E-state index in [2.05, 4.69) is 43.9 Å². The molecule has 4 aromatic rings. The van der Waals surface area contributed by atoms with Crippen molar-refractivity contribution in [1.82, 2.24) is 0 Å². The molecule has 226 valence electrons. The number of oxazole rings is 1. The molecule has 0 spiro atoms. The van der Waals surface area contributed by atoms with Crippen LogP contribution in [-0.4, -0.2) is 27.8 Å². The van der Waals surface area contributed by atoms with Crippen molar-refractivity contribution in [3.05, 3.63) is 107 Å². The number of aromatic nitrogens is 1. The minimum Gasteiger partial charge on any atom is -0.481 e. The minimum absolute atomic E-state index is 0.00203. The fourth-order valence-electron chi connectivity index (χ4n) is 6.26. The Morgan fingerprint density at radius 3 is 2.73 bits per heavy atom. The molecule has 44 heavy (non-hydrogen) atoms. The van der Waals surface area contributed by atoms with Crippen LogP contribution in [0.25, 0.3) is 27.9 Å². The maximum atomic E-state index is 11.5. The molecule has 0 radical (unpaired) electrons. The Kier molecular flexibility index (Phi) is 8.24. The van der Waals surface area contributed by atoms with Gasteiger partial charge in [0.2, 0.25) is 5.58 Å². The standard InChI is InChI=1S/C36H36N2O5S/c1-4-37-28-20-26(35(41)42)13-15-30(28)44-32(37)19-24-18-23(21-36(2,3)22-24)8-7-11-31-38(17-16-33(39)40)34-27-10-6-5-9-25(27)12-14-29(34)43-31/h5-15,18-20,35,41-42H,4,16-17,21-22H2,1-3H3/p+1. The minimum atomic E-state index is -1.50. The number of allylic oxidation sites excluding steroid dienone is 6. The molecular formula is C36H37N2O5S+. The zero-order valence-corrected chi connectivity index (χ0v) is 26.0. The van der Waals surface area contributed by atoms with Crippen molar-refractivity contribution in [3.63, 3.8) is 0 Å². The average Bonchev–Trinajstić information content (AvgIpc) is 3.51. The summed E-state index contributed by atoms with van der Waals surface area (Å²) in [6.07, 6.45) is 10.9. The van der Waals surface area contributed by atoms with E-state index >= 15 is 0 Å². The van der Waals surface area contributed by atoms with Crippen LogP contribution >= 0.6 is 11.8 Å². The van der Waals surface area contributed by atoms with E-state index in [4.69, 9.17) is 4.42 Å². The Bertz CT molecular complexity index is 1880. The Labute approximate surface area is 261 Å². The molecule has 0 fully saturated rings. The molecule has 7 nitrogen and oxygen atoms in total. The van der Waals surface area contributed by atoms with Crippen LogP contribution in [-0.2, 0) is 11.3 Å². The highest BCUT2D eigenvalue weighted by atomic mass is 32.2. The van der Waals surface area contributed by atoms with E-state index < -0.39 is 12.3 Å². The summed E-state index contributed by atoms with van der Waals surface area (Å²) in [6, 6.07) is 17.6. The molecule has 2 aliphatic rings. The summed E-state index contributed by atoms with van der Waals surface area (Å²) in [5.74, 6) is -0.237. The number of aliphatic hydroxyl groups excluding tert-OH is 1. The molecule has 0 amide bonds. The summed E-state index contributed by atoms with van der Waals surface area (Å²) in [7, 11) is 0. The SMILES string of the molecule is CCN1C(=CC2=CC(=CC=Cc3oc4ccc5ccccc5c4[n+]3CCC(=O)O)CC(C)(C)C2)Sc2ccc(C(O)O)cc21. The van der Waals surface area contributed by atoms with Crippen molar-refractivity contribution in [2.24, 2.45) is 5.41 Å². The zero-order chi connectivity index (χ0) is 31.0. The highest BCUT2D eigenvalue weighted by Crippen LogP contribution is 2.48. The number of carboxylic acids is 1. The molecule has 0 saturated carbocycles. The molecule has 3 aromatic carbocycles. The lowest BCUT2D eigenvalue weighted by Gasteiger charge is -2.31. The number of aryl methyl sites for hydroxylation is 1. The van der Waals surface area contributed by atoms with Crippen molar-refractivity contribution in [1.29, 1.82) is 0 Å². The summed E-state index contributed by atoms with van der Waals surface area (Å²) in [5.41, 5.74) is 5.63. The largest absolute Gasteiger partial charge is 0.481 e. The molecule has 3 N–H and O–H groups in total. The molecular weight excluding hydrogens is 572 g/mol. The molecule has 0 saturated heterocycles. The first kappa shape index (κ1) is 29.9. The molecule has 0 unspecified atom stereocenters. The van der Waals surface area contributed by atoms with Crippen molar-refractivity contribution in [3.8, 4) is 0 Å². The predicted molar refractivity (Wildman–Crippen MR) is 175 cm³/mol. The Morgan fingerprint density at radius 2 is 1.95 bits per heavy atom. The number of anilines is 1. The monoisotopic (exact) mass is 609 g/mol. The quantitative estimate of drug-likeness (QED) is 0.141. The van der Waals surface area contributed by atoms with Gasteiger partial charge >= 0.3 is 11.9 Å². The van der Waals surface area contributed by atoms with Gasteiger partial charge in [-0.25, -0.2) is 0 Å². The van der Waals surface area contributed by atoms with E-state index in [9.17, 15) is 20.1 Å². The lowest BCUT2D eigenvalue weighted by atomic mass is 9.75. The van der Waals surface area contributed by atoms with Gasteiger partial charge in [-0.3, -0.25) is 4.79 Å². The molecule has 1 aliphatic carbocycles. The third-order valence-corrected chi connectivity index (χ3v) is 9.24. The number of nitrogens with zero attached hydrogens (tertiary/aromatic N) is 2. The van der Waals surface area contributed by atoms with Crippen molar-refractivity contribution < 1.29 is 29.1 Å². The number of hydrogen-bond acceptors (Lipinski definition) is 6. The first-order valence-electron chi connectivity index (χ1n) is 14.9. The fraction of sp³-hybridized carbons (Fsp3) is 0.278. The van der Waals surface area contributed by atoms with E-state index in [1.807, 2.05) is 65.3 Å². The van der Waals surface area contributed by atoms with Crippen LogP contribution in [0.5, 0.6) is 0 Å². The molecule has 8 heteroatoms. The van der Waals surface area contributed by atoms with Gasteiger partial charge in [-0.1, -0.05) is 74.2 Å². The van der Waals surface area contributed by atoms with Gasteiger partial charge in [0.1, 0.15) is 6.42 Å². The number of thioether (sulfide) groups is 1. The lowest BCUT2D eigenvalue weighted by molar-refractivity contribution is -0.676. The van der Waals surface area contributed by atoms with Gasteiger partial charge in [-0.2, -0.15) is 4.57 Å². The van der Waals surface area contributed by atoms with Crippen LogP contribution in [0, 0.1) is 5.41 Å². The number of aliphatic hydroxyl groups is 2. The van der Waals surface area contributed by atoms with Gasteiger partial charge in [0.15, 0.2) is 12.8 Å². The smallest absolute Gasteiger partial charge is 0.374 e. The van der Waals surface area contributed by atoms with Crippen LogP contribution < -0.4 is 9.47 Å². The Hall–Kier alpha value is -4.11. The molecule has 1 aliphatic heterocycles. The number of fused-ring (bicyclic) bond motifs is 4. The number of rotatable bonds is 8. The van der Waals surface area contributed by atoms with E-state index in [0.717, 1.165) is 56.9 Å². The number of carboxylic acid groups (broad SMARTS) is 1. The number of benzene rings is 3. The summed E-state index contributed by atoms with van der Waals surface area (Å²) in [4.78, 5) is 14.8. The fourth-order valence-corrected chi connectivity index (χ4v) is 7.44. The summed E-state index contributed by atoms with van der Waals surface area (Å²) in [5, 5.41) is 32.0. The first-order valence-corrected chi connectivity index (χ1v) is 15.7. The lowest BCUT2D eigenvalue weighted by Crippen LogP contribution is -2.36. The summed E-state index contributed by atoms with van der Waals surface area (Å²) in [6.45, 7) is 7.74. The highest BCUT2D eigenvalue weighted by Gasteiger charge is 2.29. The predicted octanol–water partition coefficient (Wildman–Crippen LogP) is 7.49. The van der Waals surface area contributed by atoms with E-state index in [-0.39, 0.29) is 11.8 Å². The first-order chi connectivity index (χ1) is 21.1. The van der Waals surface area contributed by atoms with Gasteiger partial charge in [-0.05, 0) is 72.1 Å². The van der Waals surface area contributed by atoms with Crippen LogP contribution in [0.4, 0.5) is 5.69 Å². The van der Waals surface area contributed by atoms with Gasteiger partial charge in [-0.15, -0.1) is 0 Å². The maximum absolute atomic E-state index is 11.5. The van der Waals surface area contributed by atoms with Crippen LogP contribution in [0.2, 0.25) is 0 Å². The topological polar surface area (TPSA) is 98.0 Å². The second kappa shape index (κ2) is 12.1. The molecule has 1 aromatic heterocycles. The molecule has 2 heterocycles. The van der Waals surface area contributed by atoms with Crippen LogP contribution in [0.15, 0.2) is 104 Å². The molecule has 6 rings (SSSR count). The van der Waals surface area contributed by atoms with Crippen molar-refractivity contribution in [2.45, 2.75) is 57.8 Å². The second-order valence-electron chi connectivity index (χ2n) is 12.1. The number of aliphatic carboxylic acids is 1. The summed E-state index contributed by atoms with van der Waals surface area (Å²) < 4.78 is 8.21. The third kappa shape index (κ3) is 6.11. The highest BCUT2D eigenvalue weighted by molar-refractivity contribution is 8.03. The van der Waals surface area contributed by atoms with Crippen molar-refractivity contribution in [2.75, 3.05) is 11.4 Å². The van der Waals surface area contributed by atoms with Gasteiger partial charge < -0.3 is 24.6 Å². The molecule has 0 bridgehead atoms. The van der Waals surface area contributed by atoms with Crippen molar-refractivity contribution >= 4 is 51.4 Å². The normalized spacial score (nSPS) is 18.3. The second-order valence-corrected chi connectivity index (χ2v) is 13.2. The van der Waals surface area contributed by atoms with E-state index in [1.165, 1.54) is 11.1 Å². The Morgan fingerprint density at radius 1 is 1.14 bits per heavy atom. The van der Waals surface area contributed by atoms with Gasteiger partial charge in [0.05, 0.1) is 22.2 Å². The van der Waals surface area contributed by atoms with Crippen LogP contribution in [0.3, 0.4) is 0 Å².